The van der Waals surface area contributed by atoms with Gasteiger partial charge in [-0.05, 0) is 18.9 Å². The summed E-state index contributed by atoms with van der Waals surface area (Å²) in [7, 11) is 0. The van der Waals surface area contributed by atoms with Crippen LogP contribution in [0.4, 0.5) is 0 Å². The van der Waals surface area contributed by atoms with Crippen molar-refractivity contribution in [1.29, 1.82) is 0 Å². The Kier molecular flexibility index (Phi) is 4.33. The van der Waals surface area contributed by atoms with Crippen LogP contribution in [0.2, 0.25) is 0 Å². The fourth-order valence-electron chi connectivity index (χ4n) is 1.91. The maximum atomic E-state index is 9.73. The van der Waals surface area contributed by atoms with Crippen molar-refractivity contribution in [3.8, 4) is 0 Å². The zero-order valence-electron chi connectivity index (χ0n) is 9.38. The molecule has 1 fully saturated rings. The van der Waals surface area contributed by atoms with Gasteiger partial charge < -0.3 is 15.2 Å². The van der Waals surface area contributed by atoms with E-state index in [2.05, 4.69) is 10.4 Å². The Labute approximate surface area is 95.4 Å². The fourth-order valence-corrected chi connectivity index (χ4v) is 1.91. The van der Waals surface area contributed by atoms with Crippen LogP contribution in [0.1, 0.15) is 12.8 Å². The first-order valence-corrected chi connectivity index (χ1v) is 5.82. The zero-order chi connectivity index (χ0) is 11.2. The van der Waals surface area contributed by atoms with Gasteiger partial charge in [-0.3, -0.25) is 4.68 Å². The topological polar surface area (TPSA) is 59.3 Å². The van der Waals surface area contributed by atoms with E-state index < -0.39 is 6.10 Å². The highest BCUT2D eigenvalue weighted by Crippen LogP contribution is 2.10. The molecule has 1 aliphatic rings. The van der Waals surface area contributed by atoms with E-state index in [0.717, 1.165) is 26.0 Å². The summed E-state index contributed by atoms with van der Waals surface area (Å²) in [5.74, 6) is 0. The Morgan fingerprint density at radius 3 is 3.25 bits per heavy atom. The molecule has 2 heterocycles. The molecule has 0 aromatic carbocycles. The molecule has 0 spiro atoms. The predicted octanol–water partition coefficient (Wildman–Crippen LogP) is 0.0126. The van der Waals surface area contributed by atoms with Gasteiger partial charge in [0.15, 0.2) is 0 Å². The van der Waals surface area contributed by atoms with Crippen LogP contribution in [0.5, 0.6) is 0 Å². The third-order valence-corrected chi connectivity index (χ3v) is 2.73. The second kappa shape index (κ2) is 5.98. The molecule has 1 saturated heterocycles. The molecule has 16 heavy (non-hydrogen) atoms. The molecule has 0 radical (unpaired) electrons. The number of nitrogens with zero attached hydrogens (tertiary/aromatic N) is 2. The number of hydrogen-bond donors (Lipinski definition) is 2. The number of aliphatic hydroxyl groups is 1. The number of nitrogens with one attached hydrogen (secondary N) is 1. The van der Waals surface area contributed by atoms with Crippen LogP contribution in [-0.2, 0) is 11.3 Å². The smallest absolute Gasteiger partial charge is 0.0860 e. The standard InChI is InChI=1S/C11H19N3O2/c15-10(9-14-5-2-4-13-14)7-12-8-11-3-1-6-16-11/h2,4-5,10-12,15H,1,3,6-9H2. The van der Waals surface area contributed by atoms with E-state index in [1.165, 1.54) is 0 Å². The van der Waals surface area contributed by atoms with Gasteiger partial charge in [0.25, 0.3) is 0 Å². The molecule has 0 aliphatic carbocycles. The molecule has 2 rings (SSSR count). The molecule has 0 bridgehead atoms. The van der Waals surface area contributed by atoms with Gasteiger partial charge in [-0.25, -0.2) is 0 Å². The van der Waals surface area contributed by atoms with Gasteiger partial charge in [-0.2, -0.15) is 5.10 Å². The largest absolute Gasteiger partial charge is 0.390 e. The lowest BCUT2D eigenvalue weighted by atomic mass is 10.2. The van der Waals surface area contributed by atoms with Crippen molar-refractivity contribution in [2.75, 3.05) is 19.7 Å². The van der Waals surface area contributed by atoms with Gasteiger partial charge in [-0.15, -0.1) is 0 Å². The maximum Gasteiger partial charge on any atom is 0.0860 e. The molecular weight excluding hydrogens is 206 g/mol. The maximum absolute atomic E-state index is 9.73. The van der Waals surface area contributed by atoms with Crippen LogP contribution in [-0.4, -0.2) is 46.8 Å². The highest BCUT2D eigenvalue weighted by atomic mass is 16.5. The minimum atomic E-state index is -0.402. The summed E-state index contributed by atoms with van der Waals surface area (Å²) >= 11 is 0. The van der Waals surface area contributed by atoms with Crippen molar-refractivity contribution in [3.63, 3.8) is 0 Å². The second-order valence-electron chi connectivity index (χ2n) is 4.18. The average Bonchev–Trinajstić information content (AvgIpc) is 2.90. The van der Waals surface area contributed by atoms with Crippen molar-refractivity contribution in [2.45, 2.75) is 31.6 Å². The van der Waals surface area contributed by atoms with Crippen molar-refractivity contribution >= 4 is 0 Å². The van der Waals surface area contributed by atoms with Gasteiger partial charge in [-0.1, -0.05) is 0 Å². The van der Waals surface area contributed by atoms with E-state index in [1.54, 1.807) is 10.9 Å². The summed E-state index contributed by atoms with van der Waals surface area (Å²) in [4.78, 5) is 0. The number of ether oxygens (including phenoxy) is 1. The summed E-state index contributed by atoms with van der Waals surface area (Å²) in [5, 5.41) is 17.0. The zero-order valence-corrected chi connectivity index (χ0v) is 9.38. The van der Waals surface area contributed by atoms with E-state index in [0.29, 0.717) is 19.2 Å². The van der Waals surface area contributed by atoms with Crippen molar-refractivity contribution in [2.24, 2.45) is 0 Å². The molecule has 2 N–H and O–H groups in total. The molecule has 1 aromatic heterocycles. The first-order valence-electron chi connectivity index (χ1n) is 5.82. The molecule has 2 unspecified atom stereocenters. The molecule has 2 atom stereocenters. The number of aliphatic hydroxyl groups excluding tert-OH is 1. The minimum absolute atomic E-state index is 0.330. The van der Waals surface area contributed by atoms with Crippen molar-refractivity contribution in [1.82, 2.24) is 15.1 Å². The van der Waals surface area contributed by atoms with Gasteiger partial charge in [0.05, 0.1) is 18.8 Å². The lowest BCUT2D eigenvalue weighted by Crippen LogP contribution is -2.35. The summed E-state index contributed by atoms with van der Waals surface area (Å²) in [6.45, 7) is 2.82. The molecule has 90 valence electrons. The predicted molar refractivity (Wildman–Crippen MR) is 60.1 cm³/mol. The van der Waals surface area contributed by atoms with Gasteiger partial charge >= 0.3 is 0 Å². The van der Waals surface area contributed by atoms with E-state index >= 15 is 0 Å². The molecule has 1 aliphatic heterocycles. The van der Waals surface area contributed by atoms with Crippen molar-refractivity contribution in [3.05, 3.63) is 18.5 Å². The normalized spacial score (nSPS) is 22.4. The first-order chi connectivity index (χ1) is 7.84. The van der Waals surface area contributed by atoms with Crippen LogP contribution >= 0.6 is 0 Å². The number of rotatable bonds is 6. The minimum Gasteiger partial charge on any atom is -0.390 e. The van der Waals surface area contributed by atoms with E-state index in [4.69, 9.17) is 4.74 Å². The van der Waals surface area contributed by atoms with Gasteiger partial charge in [0.1, 0.15) is 0 Å². The van der Waals surface area contributed by atoms with Gasteiger partial charge in [0, 0.05) is 32.1 Å². The third-order valence-electron chi connectivity index (χ3n) is 2.73. The van der Waals surface area contributed by atoms with E-state index in [-0.39, 0.29) is 0 Å². The van der Waals surface area contributed by atoms with Crippen LogP contribution in [0.3, 0.4) is 0 Å². The number of aromatic nitrogens is 2. The molecule has 1 aromatic rings. The lowest BCUT2D eigenvalue weighted by Gasteiger charge is -2.14. The van der Waals surface area contributed by atoms with Crippen molar-refractivity contribution < 1.29 is 9.84 Å². The highest BCUT2D eigenvalue weighted by Gasteiger charge is 2.15. The molecule has 5 heteroatoms. The first kappa shape index (κ1) is 11.6. The number of hydrogen-bond acceptors (Lipinski definition) is 4. The average molecular weight is 225 g/mol. The summed E-state index contributed by atoms with van der Waals surface area (Å²) in [5.41, 5.74) is 0. The van der Waals surface area contributed by atoms with Crippen LogP contribution in [0.25, 0.3) is 0 Å². The fraction of sp³-hybridized carbons (Fsp3) is 0.727. The molecular formula is C11H19N3O2. The molecule has 0 saturated carbocycles. The Morgan fingerprint density at radius 1 is 1.62 bits per heavy atom. The van der Waals surface area contributed by atoms with Crippen LogP contribution < -0.4 is 5.32 Å². The SMILES string of the molecule is OC(CNCC1CCCO1)Cn1cccn1. The van der Waals surface area contributed by atoms with Crippen LogP contribution in [0, 0.1) is 0 Å². The Hall–Kier alpha value is -0.910. The van der Waals surface area contributed by atoms with E-state index in [9.17, 15) is 5.11 Å². The summed E-state index contributed by atoms with van der Waals surface area (Å²) in [6, 6.07) is 1.85. The lowest BCUT2D eigenvalue weighted by molar-refractivity contribution is 0.100. The Morgan fingerprint density at radius 2 is 2.56 bits per heavy atom. The molecule has 0 amide bonds. The third kappa shape index (κ3) is 3.59. The monoisotopic (exact) mass is 225 g/mol. The highest BCUT2D eigenvalue weighted by molar-refractivity contribution is 4.79. The molecule has 5 nitrogen and oxygen atoms in total. The van der Waals surface area contributed by atoms with E-state index in [1.807, 2.05) is 12.3 Å². The Balaban J connectivity index is 1.58. The summed E-state index contributed by atoms with van der Waals surface area (Å²) < 4.78 is 7.21. The summed E-state index contributed by atoms with van der Waals surface area (Å²) in [6.07, 6.45) is 5.78. The quantitative estimate of drug-likeness (QED) is 0.716. The van der Waals surface area contributed by atoms with Crippen LogP contribution in [0.15, 0.2) is 18.5 Å². The van der Waals surface area contributed by atoms with Gasteiger partial charge in [0.2, 0.25) is 0 Å². The Bertz CT molecular complexity index is 283. The second-order valence-corrected chi connectivity index (χ2v) is 4.18.